The van der Waals surface area contributed by atoms with Gasteiger partial charge in [-0.1, -0.05) is 15.9 Å². The SMILES string of the molecule is O=[N+]([O-])CC(O)c1cc(Br)ccc1O. The lowest BCUT2D eigenvalue weighted by Gasteiger charge is -2.08. The van der Waals surface area contributed by atoms with Gasteiger partial charge in [0, 0.05) is 15.0 Å². The second-order valence-corrected chi connectivity index (χ2v) is 3.65. The maximum Gasteiger partial charge on any atom is 0.233 e. The maximum absolute atomic E-state index is 10.1. The summed E-state index contributed by atoms with van der Waals surface area (Å²) in [5, 5.41) is 28.8. The molecule has 1 aromatic rings. The van der Waals surface area contributed by atoms with Gasteiger partial charge in [-0.3, -0.25) is 10.1 Å². The predicted octanol–water partition coefficient (Wildman–Crippen LogP) is 1.46. The summed E-state index contributed by atoms with van der Waals surface area (Å²) in [6.45, 7) is -0.621. The number of benzene rings is 1. The van der Waals surface area contributed by atoms with Crippen LogP contribution in [0.3, 0.4) is 0 Å². The summed E-state index contributed by atoms with van der Waals surface area (Å²) >= 11 is 3.14. The fourth-order valence-electron chi connectivity index (χ4n) is 1.03. The van der Waals surface area contributed by atoms with Crippen molar-refractivity contribution in [3.8, 4) is 5.75 Å². The van der Waals surface area contributed by atoms with Crippen LogP contribution in [0.4, 0.5) is 0 Å². The van der Waals surface area contributed by atoms with Crippen molar-refractivity contribution in [2.24, 2.45) is 0 Å². The largest absolute Gasteiger partial charge is 0.508 e. The van der Waals surface area contributed by atoms with Gasteiger partial charge in [0.25, 0.3) is 0 Å². The van der Waals surface area contributed by atoms with Crippen LogP contribution >= 0.6 is 15.9 Å². The number of aromatic hydroxyl groups is 1. The molecule has 0 saturated carbocycles. The molecule has 6 heteroatoms. The number of aliphatic hydroxyl groups excluding tert-OH is 1. The monoisotopic (exact) mass is 261 g/mol. The van der Waals surface area contributed by atoms with E-state index in [4.69, 9.17) is 0 Å². The second kappa shape index (κ2) is 4.39. The van der Waals surface area contributed by atoms with Crippen molar-refractivity contribution in [2.75, 3.05) is 6.54 Å². The summed E-state index contributed by atoms with van der Waals surface area (Å²) in [7, 11) is 0. The lowest BCUT2D eigenvalue weighted by atomic mass is 10.1. The van der Waals surface area contributed by atoms with Crippen LogP contribution in [-0.4, -0.2) is 21.7 Å². The number of aliphatic hydroxyl groups is 1. The molecule has 0 spiro atoms. The molecule has 5 nitrogen and oxygen atoms in total. The Labute approximate surface area is 88.3 Å². The topological polar surface area (TPSA) is 83.6 Å². The molecule has 0 aromatic heterocycles. The van der Waals surface area contributed by atoms with Crippen LogP contribution in [0.2, 0.25) is 0 Å². The average Bonchev–Trinajstić information content (AvgIpc) is 2.08. The Morgan fingerprint density at radius 2 is 2.21 bits per heavy atom. The molecule has 14 heavy (non-hydrogen) atoms. The van der Waals surface area contributed by atoms with Gasteiger partial charge in [-0.05, 0) is 18.2 Å². The summed E-state index contributed by atoms with van der Waals surface area (Å²) in [6, 6.07) is 4.39. The van der Waals surface area contributed by atoms with Crippen LogP contribution in [0, 0.1) is 10.1 Å². The molecule has 0 aliphatic rings. The summed E-state index contributed by atoms with van der Waals surface area (Å²) in [6.07, 6.45) is -1.29. The van der Waals surface area contributed by atoms with Crippen molar-refractivity contribution in [1.29, 1.82) is 0 Å². The summed E-state index contributed by atoms with van der Waals surface area (Å²) < 4.78 is 0.646. The van der Waals surface area contributed by atoms with Crippen molar-refractivity contribution >= 4 is 15.9 Å². The van der Waals surface area contributed by atoms with Crippen molar-refractivity contribution < 1.29 is 15.1 Å². The Bertz CT molecular complexity index is 355. The molecular weight excluding hydrogens is 254 g/mol. The third kappa shape index (κ3) is 2.68. The molecule has 0 heterocycles. The van der Waals surface area contributed by atoms with Crippen LogP contribution in [0.1, 0.15) is 11.7 Å². The number of hydrogen-bond donors (Lipinski definition) is 2. The third-order valence-electron chi connectivity index (χ3n) is 1.67. The summed E-state index contributed by atoms with van der Waals surface area (Å²) in [5.74, 6) is -0.150. The van der Waals surface area contributed by atoms with Crippen LogP contribution < -0.4 is 0 Å². The lowest BCUT2D eigenvalue weighted by Crippen LogP contribution is -2.11. The van der Waals surface area contributed by atoms with Crippen LogP contribution in [-0.2, 0) is 0 Å². The normalized spacial score (nSPS) is 12.4. The molecule has 1 rings (SSSR count). The summed E-state index contributed by atoms with van der Waals surface area (Å²) in [5.41, 5.74) is 0.149. The molecule has 0 radical (unpaired) electrons. The van der Waals surface area contributed by atoms with E-state index in [9.17, 15) is 20.3 Å². The van der Waals surface area contributed by atoms with Crippen molar-refractivity contribution in [3.05, 3.63) is 38.3 Å². The first-order valence-corrected chi connectivity index (χ1v) is 4.58. The predicted molar refractivity (Wildman–Crippen MR) is 52.6 cm³/mol. The number of phenols is 1. The van der Waals surface area contributed by atoms with E-state index in [2.05, 4.69) is 15.9 Å². The van der Waals surface area contributed by atoms with Gasteiger partial charge < -0.3 is 10.2 Å². The minimum Gasteiger partial charge on any atom is -0.508 e. The smallest absolute Gasteiger partial charge is 0.233 e. The highest BCUT2D eigenvalue weighted by Gasteiger charge is 2.17. The molecule has 2 N–H and O–H groups in total. The quantitative estimate of drug-likeness (QED) is 0.638. The van der Waals surface area contributed by atoms with Gasteiger partial charge in [-0.25, -0.2) is 0 Å². The lowest BCUT2D eigenvalue weighted by molar-refractivity contribution is -0.491. The van der Waals surface area contributed by atoms with Crippen molar-refractivity contribution in [1.82, 2.24) is 0 Å². The first-order valence-electron chi connectivity index (χ1n) is 3.79. The fraction of sp³-hybridized carbons (Fsp3) is 0.250. The number of hydrogen-bond acceptors (Lipinski definition) is 4. The molecule has 76 valence electrons. The molecule has 1 aromatic carbocycles. The van der Waals surface area contributed by atoms with E-state index >= 15 is 0 Å². The van der Waals surface area contributed by atoms with Gasteiger partial charge in [-0.2, -0.15) is 0 Å². The number of rotatable bonds is 3. The van der Waals surface area contributed by atoms with E-state index in [1.165, 1.54) is 12.1 Å². The molecule has 1 atom stereocenters. The Hall–Kier alpha value is -1.14. The van der Waals surface area contributed by atoms with E-state index in [1.807, 2.05) is 0 Å². The maximum atomic E-state index is 10.1. The van der Waals surface area contributed by atoms with Crippen LogP contribution in [0.15, 0.2) is 22.7 Å². The highest BCUT2D eigenvalue weighted by atomic mass is 79.9. The van der Waals surface area contributed by atoms with E-state index in [0.29, 0.717) is 4.47 Å². The van der Waals surface area contributed by atoms with Gasteiger partial charge in [0.15, 0.2) is 0 Å². The number of phenolic OH excluding ortho intramolecular Hbond substituents is 1. The van der Waals surface area contributed by atoms with Gasteiger partial charge in [0.2, 0.25) is 6.54 Å². The van der Waals surface area contributed by atoms with Gasteiger partial charge >= 0.3 is 0 Å². The average molecular weight is 262 g/mol. The zero-order chi connectivity index (χ0) is 10.7. The zero-order valence-corrected chi connectivity index (χ0v) is 8.64. The van der Waals surface area contributed by atoms with Gasteiger partial charge in [0.05, 0.1) is 0 Å². The Morgan fingerprint density at radius 1 is 1.57 bits per heavy atom. The Kier molecular flexibility index (Phi) is 3.43. The summed E-state index contributed by atoms with van der Waals surface area (Å²) in [4.78, 5) is 9.50. The van der Waals surface area contributed by atoms with Gasteiger partial charge in [-0.15, -0.1) is 0 Å². The Balaban J connectivity index is 2.93. The first kappa shape index (κ1) is 10.9. The van der Waals surface area contributed by atoms with Crippen molar-refractivity contribution in [2.45, 2.75) is 6.10 Å². The fourth-order valence-corrected chi connectivity index (χ4v) is 1.41. The van der Waals surface area contributed by atoms with Crippen LogP contribution in [0.5, 0.6) is 5.75 Å². The van der Waals surface area contributed by atoms with E-state index in [1.54, 1.807) is 6.07 Å². The molecule has 0 aliphatic heterocycles. The van der Waals surface area contributed by atoms with E-state index in [-0.39, 0.29) is 11.3 Å². The standard InChI is InChI=1S/C8H8BrNO4/c9-5-1-2-7(11)6(3-5)8(12)4-10(13)14/h1-3,8,11-12H,4H2. The number of halogens is 1. The third-order valence-corrected chi connectivity index (χ3v) is 2.16. The van der Waals surface area contributed by atoms with Crippen molar-refractivity contribution in [3.63, 3.8) is 0 Å². The van der Waals surface area contributed by atoms with Crippen LogP contribution in [0.25, 0.3) is 0 Å². The minimum atomic E-state index is -1.29. The highest BCUT2D eigenvalue weighted by Crippen LogP contribution is 2.27. The molecule has 0 amide bonds. The zero-order valence-electron chi connectivity index (χ0n) is 7.05. The first-order chi connectivity index (χ1) is 6.50. The molecule has 1 unspecified atom stereocenters. The highest BCUT2D eigenvalue weighted by molar-refractivity contribution is 9.10. The number of nitro groups is 1. The Morgan fingerprint density at radius 3 is 2.79 bits per heavy atom. The molecule has 0 aliphatic carbocycles. The molecule has 0 bridgehead atoms. The molecule has 0 saturated heterocycles. The minimum absolute atomic E-state index is 0.149. The molecular formula is C8H8BrNO4. The van der Waals surface area contributed by atoms with Gasteiger partial charge in [0.1, 0.15) is 11.9 Å². The molecule has 0 fully saturated rings. The number of nitrogens with zero attached hydrogens (tertiary/aromatic N) is 1. The van der Waals surface area contributed by atoms with E-state index in [0.717, 1.165) is 0 Å². The van der Waals surface area contributed by atoms with E-state index < -0.39 is 17.6 Å². The second-order valence-electron chi connectivity index (χ2n) is 2.73.